The van der Waals surface area contributed by atoms with Crippen LogP contribution in [0.4, 0.5) is 0 Å². The van der Waals surface area contributed by atoms with Gasteiger partial charge >= 0.3 is 0 Å². The molecule has 0 saturated heterocycles. The fourth-order valence-electron chi connectivity index (χ4n) is 2.79. The van der Waals surface area contributed by atoms with E-state index in [0.29, 0.717) is 5.92 Å². The molecule has 1 N–H and O–H groups in total. The molecule has 1 aliphatic carbocycles. The maximum atomic E-state index is 11.7. The van der Waals surface area contributed by atoms with Crippen molar-refractivity contribution in [3.05, 3.63) is 40.3 Å². The Bertz CT molecular complexity index is 582. The van der Waals surface area contributed by atoms with E-state index in [-0.39, 0.29) is 5.56 Å². The van der Waals surface area contributed by atoms with Crippen molar-refractivity contribution in [3.8, 4) is 0 Å². The molecule has 0 amide bonds. The maximum Gasteiger partial charge on any atom is 0.272 e. The first kappa shape index (κ1) is 10.5. The molecule has 0 bridgehead atoms. The minimum absolute atomic E-state index is 0.0832. The topological polar surface area (TPSA) is 45.8 Å². The quantitative estimate of drug-likeness (QED) is 0.815. The molecule has 3 rings (SSSR count). The van der Waals surface area contributed by atoms with Crippen molar-refractivity contribution in [1.29, 1.82) is 0 Å². The van der Waals surface area contributed by atoms with Gasteiger partial charge in [-0.3, -0.25) is 4.79 Å². The summed E-state index contributed by atoms with van der Waals surface area (Å²) in [6, 6.07) is 6.22. The second-order valence-corrected chi connectivity index (χ2v) is 4.88. The Hall–Kier alpha value is -1.64. The number of benzene rings is 1. The summed E-state index contributed by atoms with van der Waals surface area (Å²) in [4.78, 5) is 11.7. The van der Waals surface area contributed by atoms with Crippen molar-refractivity contribution in [3.63, 3.8) is 0 Å². The van der Waals surface area contributed by atoms with E-state index in [9.17, 15) is 4.79 Å². The van der Waals surface area contributed by atoms with Crippen molar-refractivity contribution in [1.82, 2.24) is 10.2 Å². The van der Waals surface area contributed by atoms with Gasteiger partial charge in [-0.25, -0.2) is 5.10 Å². The van der Waals surface area contributed by atoms with Crippen LogP contribution < -0.4 is 5.56 Å². The molecule has 17 heavy (non-hydrogen) atoms. The van der Waals surface area contributed by atoms with E-state index < -0.39 is 0 Å². The molecular weight excluding hydrogens is 212 g/mol. The minimum Gasteiger partial charge on any atom is -0.267 e. The van der Waals surface area contributed by atoms with Gasteiger partial charge in [-0.2, -0.15) is 5.10 Å². The summed E-state index contributed by atoms with van der Waals surface area (Å²) in [5, 5.41) is 8.01. The third kappa shape index (κ3) is 1.97. The normalized spacial score (nSPS) is 17.4. The molecule has 1 saturated carbocycles. The standard InChI is InChI=1S/C14H16N2O/c17-14-13-8-11(10-4-2-1-3-5-10)6-7-12(13)9-15-16-14/h6-10H,1-5H2,(H,16,17). The fourth-order valence-corrected chi connectivity index (χ4v) is 2.79. The highest BCUT2D eigenvalue weighted by atomic mass is 16.1. The van der Waals surface area contributed by atoms with Crippen LogP contribution >= 0.6 is 0 Å². The van der Waals surface area contributed by atoms with Crippen molar-refractivity contribution < 1.29 is 0 Å². The SMILES string of the molecule is O=c1[nH]ncc2ccc(C3CCCCC3)cc12. The van der Waals surface area contributed by atoms with Gasteiger partial charge in [0.2, 0.25) is 0 Å². The first-order chi connectivity index (χ1) is 8.34. The molecular formula is C14H16N2O. The van der Waals surface area contributed by atoms with Gasteiger partial charge in [0.25, 0.3) is 5.56 Å². The number of nitrogens with one attached hydrogen (secondary N) is 1. The molecule has 1 fully saturated rings. The lowest BCUT2D eigenvalue weighted by molar-refractivity contribution is 0.444. The van der Waals surface area contributed by atoms with Crippen LogP contribution in [0.1, 0.15) is 43.6 Å². The maximum absolute atomic E-state index is 11.7. The van der Waals surface area contributed by atoms with E-state index in [2.05, 4.69) is 16.3 Å². The third-order valence-corrected chi connectivity index (χ3v) is 3.77. The summed E-state index contributed by atoms with van der Waals surface area (Å²) in [5.74, 6) is 0.640. The average molecular weight is 228 g/mol. The Balaban J connectivity index is 2.06. The Morgan fingerprint density at radius 3 is 2.82 bits per heavy atom. The number of aromatic amines is 1. The number of nitrogens with zero attached hydrogens (tertiary/aromatic N) is 1. The summed E-state index contributed by atoms with van der Waals surface area (Å²) in [6.07, 6.45) is 8.21. The molecule has 0 aliphatic heterocycles. The molecule has 2 aromatic rings. The van der Waals surface area contributed by atoms with Crippen molar-refractivity contribution in [2.45, 2.75) is 38.0 Å². The number of H-pyrrole nitrogens is 1. The van der Waals surface area contributed by atoms with Gasteiger partial charge in [0, 0.05) is 5.39 Å². The van der Waals surface area contributed by atoms with E-state index in [1.807, 2.05) is 12.1 Å². The molecule has 1 aliphatic rings. The van der Waals surface area contributed by atoms with Crippen molar-refractivity contribution in [2.24, 2.45) is 0 Å². The zero-order valence-corrected chi connectivity index (χ0v) is 9.78. The zero-order valence-electron chi connectivity index (χ0n) is 9.78. The molecule has 3 nitrogen and oxygen atoms in total. The predicted octanol–water partition coefficient (Wildman–Crippen LogP) is 2.97. The van der Waals surface area contributed by atoms with Crippen LogP contribution in [0.15, 0.2) is 29.2 Å². The molecule has 0 spiro atoms. The lowest BCUT2D eigenvalue weighted by atomic mass is 9.83. The van der Waals surface area contributed by atoms with Crippen LogP contribution in [0.2, 0.25) is 0 Å². The second kappa shape index (κ2) is 4.32. The van der Waals surface area contributed by atoms with Crippen LogP contribution in [0.5, 0.6) is 0 Å². The molecule has 0 unspecified atom stereocenters. The van der Waals surface area contributed by atoms with Crippen molar-refractivity contribution >= 4 is 10.8 Å². The van der Waals surface area contributed by atoms with Gasteiger partial charge in [0.1, 0.15) is 0 Å². The Morgan fingerprint density at radius 1 is 1.18 bits per heavy atom. The van der Waals surface area contributed by atoms with Gasteiger partial charge in [0.05, 0.1) is 11.6 Å². The number of hydrogen-bond acceptors (Lipinski definition) is 2. The smallest absolute Gasteiger partial charge is 0.267 e. The van der Waals surface area contributed by atoms with E-state index >= 15 is 0 Å². The van der Waals surface area contributed by atoms with Gasteiger partial charge in [-0.15, -0.1) is 0 Å². The molecule has 0 atom stereocenters. The van der Waals surface area contributed by atoms with E-state index in [1.165, 1.54) is 37.7 Å². The Kier molecular flexibility index (Phi) is 2.67. The Labute approximate surface area is 99.9 Å². The minimum atomic E-state index is -0.0832. The molecule has 1 aromatic carbocycles. The van der Waals surface area contributed by atoms with Gasteiger partial charge in [0.15, 0.2) is 0 Å². The highest BCUT2D eigenvalue weighted by molar-refractivity contribution is 5.81. The van der Waals surface area contributed by atoms with Crippen LogP contribution in [-0.2, 0) is 0 Å². The third-order valence-electron chi connectivity index (χ3n) is 3.77. The number of hydrogen-bond donors (Lipinski definition) is 1. The van der Waals surface area contributed by atoms with E-state index in [4.69, 9.17) is 0 Å². The first-order valence-electron chi connectivity index (χ1n) is 6.32. The number of fused-ring (bicyclic) bond motifs is 1. The van der Waals surface area contributed by atoms with Crippen molar-refractivity contribution in [2.75, 3.05) is 0 Å². The van der Waals surface area contributed by atoms with E-state index in [1.54, 1.807) is 6.20 Å². The summed E-state index contributed by atoms with van der Waals surface area (Å²) < 4.78 is 0. The zero-order chi connectivity index (χ0) is 11.7. The summed E-state index contributed by atoms with van der Waals surface area (Å²) in [7, 11) is 0. The molecule has 1 aromatic heterocycles. The van der Waals surface area contributed by atoms with Gasteiger partial charge < -0.3 is 0 Å². The van der Waals surface area contributed by atoms with E-state index in [0.717, 1.165) is 10.8 Å². The van der Waals surface area contributed by atoms with Crippen LogP contribution in [0.25, 0.3) is 10.8 Å². The lowest BCUT2D eigenvalue weighted by Gasteiger charge is -2.22. The average Bonchev–Trinajstić information content (AvgIpc) is 2.40. The number of rotatable bonds is 1. The summed E-state index contributed by atoms with van der Waals surface area (Å²) in [5.41, 5.74) is 1.23. The van der Waals surface area contributed by atoms with Crippen LogP contribution in [0.3, 0.4) is 0 Å². The largest absolute Gasteiger partial charge is 0.272 e. The predicted molar refractivity (Wildman–Crippen MR) is 68.2 cm³/mol. The van der Waals surface area contributed by atoms with Crippen LogP contribution in [0, 0.1) is 0 Å². The first-order valence-corrected chi connectivity index (χ1v) is 6.32. The van der Waals surface area contributed by atoms with Gasteiger partial charge in [-0.05, 0) is 30.4 Å². The lowest BCUT2D eigenvalue weighted by Crippen LogP contribution is -2.09. The highest BCUT2D eigenvalue weighted by Crippen LogP contribution is 2.33. The highest BCUT2D eigenvalue weighted by Gasteiger charge is 2.15. The monoisotopic (exact) mass is 228 g/mol. The Morgan fingerprint density at radius 2 is 2.00 bits per heavy atom. The summed E-state index contributed by atoms with van der Waals surface area (Å²) >= 11 is 0. The molecule has 1 heterocycles. The fraction of sp³-hybridized carbons (Fsp3) is 0.429. The molecule has 3 heteroatoms. The molecule has 0 radical (unpaired) electrons. The number of aromatic nitrogens is 2. The molecule has 88 valence electrons. The second-order valence-electron chi connectivity index (χ2n) is 4.88. The van der Waals surface area contributed by atoms with Gasteiger partial charge in [-0.1, -0.05) is 31.4 Å². The summed E-state index contributed by atoms with van der Waals surface area (Å²) in [6.45, 7) is 0. The van der Waals surface area contributed by atoms with Crippen LogP contribution in [-0.4, -0.2) is 10.2 Å².